The minimum absolute atomic E-state index is 0.00304. The maximum atomic E-state index is 11.7. The number of nitrogens with one attached hydrogen (secondary N) is 2. The van der Waals surface area contributed by atoms with Gasteiger partial charge in [-0.3, -0.25) is 25.4 Å². The first-order chi connectivity index (χ1) is 11.1. The van der Waals surface area contributed by atoms with Gasteiger partial charge in [-0.05, 0) is 19.1 Å². The molecule has 1 aromatic carbocycles. The maximum absolute atomic E-state index is 11.7. The largest absolute Gasteiger partial charge is 0.451 e. The Morgan fingerprint density at radius 1 is 1.04 bits per heavy atom. The van der Waals surface area contributed by atoms with Crippen LogP contribution in [0.1, 0.15) is 26.5 Å². The fraction of sp³-hybridized carbons (Fsp3) is 0.133. The van der Waals surface area contributed by atoms with Gasteiger partial charge in [0.1, 0.15) is 0 Å². The van der Waals surface area contributed by atoms with E-state index in [1.165, 1.54) is 12.4 Å². The zero-order valence-corrected chi connectivity index (χ0v) is 12.3. The lowest BCUT2D eigenvalue weighted by Crippen LogP contribution is -2.43. The number of hydrogen-bond acceptors (Lipinski definition) is 6. The van der Waals surface area contributed by atoms with Crippen LogP contribution in [0.2, 0.25) is 0 Å². The van der Waals surface area contributed by atoms with Crippen LogP contribution in [0.25, 0.3) is 0 Å². The number of esters is 1. The average Bonchev–Trinajstić information content (AvgIpc) is 2.59. The minimum atomic E-state index is -0.776. The molecule has 0 bridgehead atoms. The molecule has 0 radical (unpaired) electrons. The number of nitrogens with zero attached hydrogens (tertiary/aromatic N) is 2. The van der Waals surface area contributed by atoms with Crippen LogP contribution >= 0.6 is 0 Å². The second kappa shape index (κ2) is 7.64. The van der Waals surface area contributed by atoms with Crippen molar-refractivity contribution in [3.05, 3.63) is 59.7 Å². The summed E-state index contributed by atoms with van der Waals surface area (Å²) in [5.74, 6) is -1.93. The molecule has 118 valence electrons. The summed E-state index contributed by atoms with van der Waals surface area (Å²) in [7, 11) is 0. The van der Waals surface area contributed by atoms with E-state index >= 15 is 0 Å². The van der Waals surface area contributed by atoms with E-state index in [1.807, 2.05) is 0 Å². The highest BCUT2D eigenvalue weighted by Crippen LogP contribution is 1.98. The van der Waals surface area contributed by atoms with E-state index in [0.29, 0.717) is 11.3 Å². The smallest absolute Gasteiger partial charge is 0.359 e. The van der Waals surface area contributed by atoms with Gasteiger partial charge in [0.15, 0.2) is 12.3 Å². The lowest BCUT2D eigenvalue weighted by atomic mass is 10.2. The topological polar surface area (TPSA) is 110 Å². The van der Waals surface area contributed by atoms with E-state index < -0.39 is 24.4 Å². The first-order valence-corrected chi connectivity index (χ1v) is 6.66. The van der Waals surface area contributed by atoms with E-state index in [1.54, 1.807) is 37.3 Å². The van der Waals surface area contributed by atoms with Crippen LogP contribution in [-0.2, 0) is 9.53 Å². The van der Waals surface area contributed by atoms with E-state index in [-0.39, 0.29) is 5.69 Å². The van der Waals surface area contributed by atoms with Gasteiger partial charge in [0.2, 0.25) is 0 Å². The number of hydrazine groups is 1. The van der Waals surface area contributed by atoms with Gasteiger partial charge in [-0.15, -0.1) is 0 Å². The number of carbonyl (C=O) groups is 3. The van der Waals surface area contributed by atoms with Crippen molar-refractivity contribution in [1.29, 1.82) is 0 Å². The number of carbonyl (C=O) groups excluding carboxylic acids is 3. The first-order valence-electron chi connectivity index (χ1n) is 6.66. The van der Waals surface area contributed by atoms with Crippen molar-refractivity contribution < 1.29 is 19.1 Å². The molecule has 8 nitrogen and oxygen atoms in total. The number of ether oxygens (including phenoxy) is 1. The summed E-state index contributed by atoms with van der Waals surface area (Å²) >= 11 is 0. The summed E-state index contributed by atoms with van der Waals surface area (Å²) in [4.78, 5) is 42.6. The molecule has 0 saturated carbocycles. The summed E-state index contributed by atoms with van der Waals surface area (Å²) in [5.41, 5.74) is 5.40. The molecule has 0 aliphatic rings. The molecule has 0 aliphatic carbocycles. The summed E-state index contributed by atoms with van der Waals surface area (Å²) in [6, 6.07) is 8.35. The van der Waals surface area contributed by atoms with Crippen molar-refractivity contribution in [2.45, 2.75) is 6.92 Å². The number of aryl methyl sites for hydroxylation is 1. The van der Waals surface area contributed by atoms with Gasteiger partial charge < -0.3 is 4.74 Å². The molecule has 23 heavy (non-hydrogen) atoms. The SMILES string of the molecule is Cc1cnc(C(=O)OCC(=O)NNC(=O)c2ccccc2)cn1. The third kappa shape index (κ3) is 4.88. The average molecular weight is 314 g/mol. The zero-order chi connectivity index (χ0) is 16.7. The summed E-state index contributed by atoms with van der Waals surface area (Å²) in [6.07, 6.45) is 2.67. The van der Waals surface area contributed by atoms with E-state index in [0.717, 1.165) is 0 Å². The highest BCUT2D eigenvalue weighted by Gasteiger charge is 2.12. The Kier molecular flexibility index (Phi) is 5.35. The van der Waals surface area contributed by atoms with Crippen molar-refractivity contribution in [3.63, 3.8) is 0 Å². The van der Waals surface area contributed by atoms with Crippen LogP contribution in [0.15, 0.2) is 42.7 Å². The van der Waals surface area contributed by atoms with Crippen LogP contribution in [0.4, 0.5) is 0 Å². The molecule has 0 saturated heterocycles. The second-order valence-corrected chi connectivity index (χ2v) is 4.49. The monoisotopic (exact) mass is 314 g/mol. The first kappa shape index (κ1) is 16.1. The van der Waals surface area contributed by atoms with Gasteiger partial charge in [0, 0.05) is 11.8 Å². The van der Waals surface area contributed by atoms with Crippen molar-refractivity contribution in [2.24, 2.45) is 0 Å². The highest BCUT2D eigenvalue weighted by molar-refractivity contribution is 5.95. The van der Waals surface area contributed by atoms with E-state index in [9.17, 15) is 14.4 Å². The number of hydrogen-bond donors (Lipinski definition) is 2. The minimum Gasteiger partial charge on any atom is -0.451 e. The van der Waals surface area contributed by atoms with Crippen molar-refractivity contribution in [3.8, 4) is 0 Å². The predicted octanol–water partition coefficient (Wildman–Crippen LogP) is 0.403. The molecule has 2 rings (SSSR count). The van der Waals surface area contributed by atoms with E-state index in [2.05, 4.69) is 20.8 Å². The molecule has 2 amide bonds. The van der Waals surface area contributed by atoms with Gasteiger partial charge in [0.05, 0.1) is 11.9 Å². The Morgan fingerprint density at radius 3 is 2.43 bits per heavy atom. The summed E-state index contributed by atoms with van der Waals surface area (Å²) in [5, 5.41) is 0. The molecule has 1 aromatic heterocycles. The molecular formula is C15H14N4O4. The molecule has 0 fully saturated rings. The van der Waals surface area contributed by atoms with Gasteiger partial charge >= 0.3 is 5.97 Å². The Hall–Kier alpha value is -3.29. The molecule has 0 unspecified atom stereocenters. The van der Waals surface area contributed by atoms with Gasteiger partial charge in [0.25, 0.3) is 11.8 Å². The highest BCUT2D eigenvalue weighted by atomic mass is 16.5. The van der Waals surface area contributed by atoms with Gasteiger partial charge in [-0.2, -0.15) is 0 Å². The van der Waals surface area contributed by atoms with E-state index in [4.69, 9.17) is 4.74 Å². The molecule has 2 aromatic rings. The number of amides is 2. The predicted molar refractivity (Wildman–Crippen MR) is 79.1 cm³/mol. The Morgan fingerprint density at radius 2 is 1.78 bits per heavy atom. The van der Waals surface area contributed by atoms with Crippen LogP contribution in [-0.4, -0.2) is 34.4 Å². The molecule has 0 atom stereocenters. The van der Waals surface area contributed by atoms with Crippen LogP contribution in [0.5, 0.6) is 0 Å². The molecule has 2 N–H and O–H groups in total. The van der Waals surface area contributed by atoms with Crippen LogP contribution in [0.3, 0.4) is 0 Å². The molecule has 0 spiro atoms. The third-order valence-electron chi connectivity index (χ3n) is 2.68. The second-order valence-electron chi connectivity index (χ2n) is 4.49. The van der Waals surface area contributed by atoms with Crippen molar-refractivity contribution in [1.82, 2.24) is 20.8 Å². The zero-order valence-electron chi connectivity index (χ0n) is 12.3. The molecule has 0 aliphatic heterocycles. The van der Waals surface area contributed by atoms with Crippen molar-refractivity contribution >= 4 is 17.8 Å². The lowest BCUT2D eigenvalue weighted by Gasteiger charge is -2.07. The number of rotatable bonds is 4. The van der Waals surface area contributed by atoms with Crippen LogP contribution in [0, 0.1) is 6.92 Å². The third-order valence-corrected chi connectivity index (χ3v) is 2.68. The Bertz CT molecular complexity index is 701. The quantitative estimate of drug-likeness (QED) is 0.624. The van der Waals surface area contributed by atoms with Crippen molar-refractivity contribution in [2.75, 3.05) is 6.61 Å². The fourth-order valence-electron chi connectivity index (χ4n) is 1.53. The van der Waals surface area contributed by atoms with Gasteiger partial charge in [-0.1, -0.05) is 18.2 Å². The summed E-state index contributed by atoms with van der Waals surface area (Å²) in [6.45, 7) is 1.18. The fourth-order valence-corrected chi connectivity index (χ4v) is 1.53. The van der Waals surface area contributed by atoms with Crippen LogP contribution < -0.4 is 10.9 Å². The molecule has 1 heterocycles. The summed E-state index contributed by atoms with van der Waals surface area (Å²) < 4.78 is 4.76. The lowest BCUT2D eigenvalue weighted by molar-refractivity contribution is -0.125. The number of benzene rings is 1. The standard InChI is InChI=1S/C15H14N4O4/c1-10-7-17-12(8-16-10)15(22)23-9-13(20)18-19-14(21)11-5-3-2-4-6-11/h2-8H,9H2,1H3,(H,18,20)(H,19,21). The molecular weight excluding hydrogens is 300 g/mol. The Labute approximate surface area is 131 Å². The normalized spacial score (nSPS) is 9.78. The number of aromatic nitrogens is 2. The molecule has 8 heteroatoms. The maximum Gasteiger partial charge on any atom is 0.359 e. The Balaban J connectivity index is 1.76. The van der Waals surface area contributed by atoms with Gasteiger partial charge in [-0.25, -0.2) is 9.78 Å².